The molecule has 2 rings (SSSR count). The molecular weight excluding hydrogens is 260 g/mol. The van der Waals surface area contributed by atoms with Crippen molar-refractivity contribution >= 4 is 20.7 Å². The molecule has 4 nitrogen and oxygen atoms in total. The lowest BCUT2D eigenvalue weighted by molar-refractivity contribution is 0.584. The summed E-state index contributed by atoms with van der Waals surface area (Å²) in [5, 5.41) is 1.05. The van der Waals surface area contributed by atoms with Gasteiger partial charge in [0, 0.05) is 29.9 Å². The van der Waals surface area contributed by atoms with Gasteiger partial charge in [0.1, 0.15) is 0 Å². The van der Waals surface area contributed by atoms with E-state index in [4.69, 9.17) is 5.73 Å². The molecule has 0 spiro atoms. The molecule has 0 saturated carbocycles. The van der Waals surface area contributed by atoms with Gasteiger partial charge in [0.05, 0.1) is 11.3 Å². The Balaban J connectivity index is 2.75. The Labute approximate surface area is 114 Å². The Morgan fingerprint density at radius 3 is 2.53 bits per heavy atom. The molecule has 0 radical (unpaired) electrons. The summed E-state index contributed by atoms with van der Waals surface area (Å²) in [4.78, 5) is 0. The van der Waals surface area contributed by atoms with Crippen molar-refractivity contribution in [2.45, 2.75) is 32.2 Å². The number of nitrogens with zero attached hydrogens (tertiary/aromatic N) is 1. The van der Waals surface area contributed by atoms with Gasteiger partial charge in [0.15, 0.2) is 9.84 Å². The van der Waals surface area contributed by atoms with Crippen LogP contribution in [0.4, 0.5) is 0 Å². The molecule has 2 aromatic rings. The van der Waals surface area contributed by atoms with E-state index >= 15 is 0 Å². The van der Waals surface area contributed by atoms with Crippen LogP contribution in [0, 0.1) is 0 Å². The molecule has 0 aliphatic heterocycles. The maximum atomic E-state index is 11.6. The molecule has 1 aromatic carbocycles. The summed E-state index contributed by atoms with van der Waals surface area (Å²) in [7, 11) is -3.05. The first-order chi connectivity index (χ1) is 8.83. The summed E-state index contributed by atoms with van der Waals surface area (Å²) in [5.74, 6) is 0.0594. The van der Waals surface area contributed by atoms with Crippen LogP contribution in [-0.4, -0.2) is 19.2 Å². The lowest BCUT2D eigenvalue weighted by Gasteiger charge is -2.16. The van der Waals surface area contributed by atoms with Gasteiger partial charge in [-0.1, -0.05) is 18.2 Å². The van der Waals surface area contributed by atoms with E-state index in [0.717, 1.165) is 22.2 Å². The minimum Gasteiger partial charge on any atom is -0.341 e. The van der Waals surface area contributed by atoms with Gasteiger partial charge in [-0.3, -0.25) is 0 Å². The van der Waals surface area contributed by atoms with Crippen molar-refractivity contribution in [1.29, 1.82) is 0 Å². The molecule has 0 saturated heterocycles. The summed E-state index contributed by atoms with van der Waals surface area (Å²) in [6, 6.07) is 8.10. The minimum atomic E-state index is -3.05. The zero-order valence-electron chi connectivity index (χ0n) is 11.6. The molecule has 2 N–H and O–H groups in total. The Hall–Kier alpha value is -1.33. The summed E-state index contributed by atoms with van der Waals surface area (Å²) < 4.78 is 25.2. The molecule has 0 aliphatic rings. The first kappa shape index (κ1) is 14.1. The first-order valence-electron chi connectivity index (χ1n) is 6.33. The predicted molar refractivity (Wildman–Crippen MR) is 78.8 cm³/mol. The molecule has 19 heavy (non-hydrogen) atoms. The van der Waals surface area contributed by atoms with Crippen LogP contribution in [0.3, 0.4) is 0 Å². The smallest absolute Gasteiger partial charge is 0.153 e. The topological polar surface area (TPSA) is 65.1 Å². The fourth-order valence-electron chi connectivity index (χ4n) is 2.55. The van der Waals surface area contributed by atoms with Gasteiger partial charge in [-0.05, 0) is 25.5 Å². The van der Waals surface area contributed by atoms with Crippen molar-refractivity contribution in [2.75, 3.05) is 6.26 Å². The largest absolute Gasteiger partial charge is 0.341 e. The van der Waals surface area contributed by atoms with Crippen LogP contribution in [-0.2, 0) is 22.1 Å². The summed E-state index contributed by atoms with van der Waals surface area (Å²) in [5.41, 5.74) is 8.72. The Kier molecular flexibility index (Phi) is 3.69. The second kappa shape index (κ2) is 4.98. The molecular formula is C14H20N2O2S. The molecule has 1 heterocycles. The van der Waals surface area contributed by atoms with Crippen molar-refractivity contribution < 1.29 is 8.42 Å². The monoisotopic (exact) mass is 280 g/mol. The number of rotatable bonds is 4. The molecule has 5 heteroatoms. The van der Waals surface area contributed by atoms with Crippen molar-refractivity contribution in [1.82, 2.24) is 4.57 Å². The number of benzene rings is 1. The van der Waals surface area contributed by atoms with Crippen LogP contribution < -0.4 is 5.73 Å². The number of nitrogens with two attached hydrogens (primary N) is 1. The highest BCUT2D eigenvalue weighted by Crippen LogP contribution is 2.28. The third-order valence-electron chi connectivity index (χ3n) is 3.17. The highest BCUT2D eigenvalue weighted by molar-refractivity contribution is 7.89. The van der Waals surface area contributed by atoms with Crippen LogP contribution >= 0.6 is 0 Å². The zero-order valence-corrected chi connectivity index (χ0v) is 12.4. The lowest BCUT2D eigenvalue weighted by Crippen LogP contribution is -2.11. The standard InChI is InChI=1S/C14H20N2O2S/c1-10(2)16-13(9-19(3,17)18)7-11-5-4-6-12(8-15)14(11)16/h4-7,10H,8-9,15H2,1-3H3. The van der Waals surface area contributed by atoms with E-state index in [9.17, 15) is 8.42 Å². The number of aromatic nitrogens is 1. The highest BCUT2D eigenvalue weighted by atomic mass is 32.2. The third kappa shape index (κ3) is 2.82. The van der Waals surface area contributed by atoms with Crippen LogP contribution in [0.2, 0.25) is 0 Å². The number of sulfone groups is 1. The first-order valence-corrected chi connectivity index (χ1v) is 8.39. The van der Waals surface area contributed by atoms with E-state index in [1.165, 1.54) is 6.26 Å². The molecule has 0 fully saturated rings. The number of fused-ring (bicyclic) bond motifs is 1. The maximum Gasteiger partial charge on any atom is 0.153 e. The van der Waals surface area contributed by atoms with Gasteiger partial charge < -0.3 is 10.3 Å². The molecule has 0 aliphatic carbocycles. The third-order valence-corrected chi connectivity index (χ3v) is 3.99. The number of para-hydroxylation sites is 1. The quantitative estimate of drug-likeness (QED) is 0.934. The van der Waals surface area contributed by atoms with Crippen LogP contribution in [0.25, 0.3) is 10.9 Å². The molecule has 0 atom stereocenters. The summed E-state index contributed by atoms with van der Waals surface area (Å²) in [6.07, 6.45) is 1.26. The van der Waals surface area contributed by atoms with Crippen molar-refractivity contribution in [3.8, 4) is 0 Å². The SMILES string of the molecule is CC(C)n1c(CS(C)(=O)=O)cc2cccc(CN)c21. The van der Waals surface area contributed by atoms with E-state index in [2.05, 4.69) is 18.4 Å². The summed E-state index contributed by atoms with van der Waals surface area (Å²) >= 11 is 0. The van der Waals surface area contributed by atoms with E-state index in [1.807, 2.05) is 24.3 Å². The zero-order chi connectivity index (χ0) is 14.2. The maximum absolute atomic E-state index is 11.6. The van der Waals surface area contributed by atoms with Crippen LogP contribution in [0.1, 0.15) is 31.1 Å². The molecule has 104 valence electrons. The van der Waals surface area contributed by atoms with E-state index in [-0.39, 0.29) is 11.8 Å². The second-order valence-corrected chi connectivity index (χ2v) is 7.37. The second-order valence-electron chi connectivity index (χ2n) is 5.23. The Bertz CT molecular complexity index is 700. The van der Waals surface area contributed by atoms with Gasteiger partial charge in [0.2, 0.25) is 0 Å². The number of hydrogen-bond donors (Lipinski definition) is 1. The van der Waals surface area contributed by atoms with Crippen LogP contribution in [0.5, 0.6) is 0 Å². The van der Waals surface area contributed by atoms with Gasteiger partial charge >= 0.3 is 0 Å². The van der Waals surface area contributed by atoms with E-state index < -0.39 is 9.84 Å². The lowest BCUT2D eigenvalue weighted by atomic mass is 10.1. The Morgan fingerprint density at radius 2 is 2.00 bits per heavy atom. The predicted octanol–water partition coefficient (Wildman–Crippen LogP) is 2.23. The fourth-order valence-corrected chi connectivity index (χ4v) is 3.31. The normalized spacial score (nSPS) is 12.5. The fraction of sp³-hybridized carbons (Fsp3) is 0.429. The average Bonchev–Trinajstić information content (AvgIpc) is 2.63. The molecule has 0 bridgehead atoms. The van der Waals surface area contributed by atoms with E-state index in [1.54, 1.807) is 0 Å². The van der Waals surface area contributed by atoms with Crippen LogP contribution in [0.15, 0.2) is 24.3 Å². The van der Waals surface area contributed by atoms with Gasteiger partial charge in [-0.2, -0.15) is 0 Å². The van der Waals surface area contributed by atoms with E-state index in [0.29, 0.717) is 6.54 Å². The summed E-state index contributed by atoms with van der Waals surface area (Å²) in [6.45, 7) is 4.56. The van der Waals surface area contributed by atoms with Gasteiger partial charge in [-0.25, -0.2) is 8.42 Å². The van der Waals surface area contributed by atoms with Crippen molar-refractivity contribution in [2.24, 2.45) is 5.73 Å². The highest BCUT2D eigenvalue weighted by Gasteiger charge is 2.17. The molecule has 0 amide bonds. The average molecular weight is 280 g/mol. The Morgan fingerprint density at radius 1 is 1.32 bits per heavy atom. The molecule has 1 aromatic heterocycles. The number of hydrogen-bond acceptors (Lipinski definition) is 3. The van der Waals surface area contributed by atoms with Crippen molar-refractivity contribution in [3.63, 3.8) is 0 Å². The molecule has 0 unspecified atom stereocenters. The van der Waals surface area contributed by atoms with Gasteiger partial charge in [-0.15, -0.1) is 0 Å². The van der Waals surface area contributed by atoms with Gasteiger partial charge in [0.25, 0.3) is 0 Å². The minimum absolute atomic E-state index is 0.0594. The van der Waals surface area contributed by atoms with Crippen molar-refractivity contribution in [3.05, 3.63) is 35.5 Å².